The summed E-state index contributed by atoms with van der Waals surface area (Å²) >= 11 is 0. The highest BCUT2D eigenvalue weighted by atomic mass is 16.3. The lowest BCUT2D eigenvalue weighted by Gasteiger charge is -2.17. The molecule has 1 unspecified atom stereocenters. The van der Waals surface area contributed by atoms with E-state index in [2.05, 4.69) is 31.2 Å². The third-order valence-electron chi connectivity index (χ3n) is 2.85. The Labute approximate surface area is 90.8 Å². The first-order valence-electron chi connectivity index (χ1n) is 5.32. The Morgan fingerprint density at radius 1 is 1.20 bits per heavy atom. The third kappa shape index (κ3) is 1.96. The fraction of sp³-hybridized carbons (Fsp3) is 0.286. The third-order valence-corrected chi connectivity index (χ3v) is 2.85. The van der Waals surface area contributed by atoms with E-state index in [1.54, 1.807) is 0 Å². The maximum atomic E-state index is 10.0. The van der Waals surface area contributed by atoms with E-state index >= 15 is 0 Å². The average Bonchev–Trinajstić information content (AvgIpc) is 2.24. The summed E-state index contributed by atoms with van der Waals surface area (Å²) in [6.45, 7) is 4.02. The molecule has 0 amide bonds. The lowest BCUT2D eigenvalue weighted by Crippen LogP contribution is -1.98. The minimum absolute atomic E-state index is 0.327. The molecule has 78 valence electrons. The molecule has 0 radical (unpaired) electrons. The Balaban J connectivity index is 2.43. The summed E-state index contributed by atoms with van der Waals surface area (Å²) in [5.41, 5.74) is 3.23. The molecule has 0 spiro atoms. The maximum absolute atomic E-state index is 10.0. The second kappa shape index (κ2) is 3.93. The van der Waals surface area contributed by atoms with Crippen LogP contribution in [0.4, 0.5) is 0 Å². The number of aromatic hydroxyl groups is 1. The van der Waals surface area contributed by atoms with E-state index < -0.39 is 0 Å². The molecule has 2 rings (SSSR count). The van der Waals surface area contributed by atoms with Crippen molar-refractivity contribution in [2.75, 3.05) is 0 Å². The maximum Gasteiger partial charge on any atom is 0.122 e. The number of phenolic OH excluding ortho intramolecular Hbond substituents is 1. The number of rotatable bonds is 1. The Morgan fingerprint density at radius 2 is 2.00 bits per heavy atom. The summed E-state index contributed by atoms with van der Waals surface area (Å²) < 4.78 is 0. The second-order valence-electron chi connectivity index (χ2n) is 4.17. The van der Waals surface area contributed by atoms with E-state index in [0.29, 0.717) is 11.7 Å². The molecule has 1 aliphatic rings. The summed E-state index contributed by atoms with van der Waals surface area (Å²) in [6, 6.07) is 4.09. The van der Waals surface area contributed by atoms with Crippen molar-refractivity contribution < 1.29 is 5.11 Å². The smallest absolute Gasteiger partial charge is 0.122 e. The van der Waals surface area contributed by atoms with Crippen molar-refractivity contribution in [1.82, 2.24) is 0 Å². The van der Waals surface area contributed by atoms with Gasteiger partial charge in [-0.2, -0.15) is 0 Å². The molecule has 1 N–H and O–H groups in total. The lowest BCUT2D eigenvalue weighted by atomic mass is 9.89. The molecule has 1 atom stereocenters. The Hall–Kier alpha value is -1.50. The van der Waals surface area contributed by atoms with Crippen LogP contribution in [0.3, 0.4) is 0 Å². The van der Waals surface area contributed by atoms with Gasteiger partial charge >= 0.3 is 0 Å². The van der Waals surface area contributed by atoms with E-state index in [1.165, 1.54) is 5.56 Å². The van der Waals surface area contributed by atoms with Crippen LogP contribution in [0.25, 0.3) is 0 Å². The number of phenols is 1. The topological polar surface area (TPSA) is 20.2 Å². The van der Waals surface area contributed by atoms with Crippen LogP contribution >= 0.6 is 0 Å². The normalized spacial score (nSPS) is 19.5. The Kier molecular flexibility index (Phi) is 2.63. The molecule has 1 aromatic carbocycles. The molecular formula is C14H16O. The standard InChI is InChI=1S/C14H16O/c1-10-8-11(2)14(15)13(9-10)12-6-4-3-5-7-12/h3-6,8-9,12,15H,7H2,1-2H3. The molecule has 1 aromatic rings. The molecule has 0 heterocycles. The summed E-state index contributed by atoms with van der Waals surface area (Å²) in [6.07, 6.45) is 9.37. The molecule has 15 heavy (non-hydrogen) atoms. The molecule has 1 nitrogen and oxygen atoms in total. The predicted octanol–water partition coefficient (Wildman–Crippen LogP) is 3.61. The summed E-state index contributed by atoms with van der Waals surface area (Å²) in [4.78, 5) is 0. The summed E-state index contributed by atoms with van der Waals surface area (Å²) in [7, 11) is 0. The van der Waals surface area contributed by atoms with Crippen molar-refractivity contribution in [2.24, 2.45) is 0 Å². The van der Waals surface area contributed by atoms with E-state index in [9.17, 15) is 5.11 Å². The zero-order chi connectivity index (χ0) is 10.8. The molecule has 1 aliphatic carbocycles. The van der Waals surface area contributed by atoms with Gasteiger partial charge in [-0.25, -0.2) is 0 Å². The molecule has 1 heteroatoms. The SMILES string of the molecule is Cc1cc(C)c(O)c(C2C=CC=CC2)c1. The second-order valence-corrected chi connectivity index (χ2v) is 4.17. The van der Waals surface area contributed by atoms with Gasteiger partial charge < -0.3 is 5.11 Å². The lowest BCUT2D eigenvalue weighted by molar-refractivity contribution is 0.461. The quantitative estimate of drug-likeness (QED) is 0.734. The molecule has 0 aromatic heterocycles. The molecule has 0 aliphatic heterocycles. The number of allylic oxidation sites excluding steroid dienone is 4. The largest absolute Gasteiger partial charge is 0.507 e. The van der Waals surface area contributed by atoms with Gasteiger partial charge in [0.25, 0.3) is 0 Å². The van der Waals surface area contributed by atoms with Crippen LogP contribution in [0.15, 0.2) is 36.4 Å². The van der Waals surface area contributed by atoms with Gasteiger partial charge in [0, 0.05) is 11.5 Å². The van der Waals surface area contributed by atoms with Crippen molar-refractivity contribution in [2.45, 2.75) is 26.2 Å². The fourth-order valence-corrected chi connectivity index (χ4v) is 2.09. The van der Waals surface area contributed by atoms with Gasteiger partial charge in [-0.1, -0.05) is 42.0 Å². The number of hydrogen-bond donors (Lipinski definition) is 1. The van der Waals surface area contributed by atoms with E-state index in [1.807, 2.05) is 19.1 Å². The summed E-state index contributed by atoms with van der Waals surface area (Å²) in [5, 5.41) is 10.0. The van der Waals surface area contributed by atoms with Crippen LogP contribution in [-0.2, 0) is 0 Å². The van der Waals surface area contributed by atoms with Crippen molar-refractivity contribution in [3.05, 3.63) is 53.1 Å². The highest BCUT2D eigenvalue weighted by Gasteiger charge is 2.14. The monoisotopic (exact) mass is 200 g/mol. The van der Waals surface area contributed by atoms with Gasteiger partial charge in [0.15, 0.2) is 0 Å². The molecule has 0 saturated carbocycles. The van der Waals surface area contributed by atoms with E-state index in [4.69, 9.17) is 0 Å². The van der Waals surface area contributed by atoms with Crippen LogP contribution in [-0.4, -0.2) is 5.11 Å². The first-order chi connectivity index (χ1) is 7.18. The molecule has 0 saturated heterocycles. The Bertz CT molecular complexity index is 427. The van der Waals surface area contributed by atoms with Crippen LogP contribution in [0.2, 0.25) is 0 Å². The van der Waals surface area contributed by atoms with Crippen molar-refractivity contribution in [3.63, 3.8) is 0 Å². The highest BCUT2D eigenvalue weighted by Crippen LogP contribution is 2.34. The minimum atomic E-state index is 0.327. The van der Waals surface area contributed by atoms with Gasteiger partial charge in [-0.05, 0) is 25.8 Å². The van der Waals surface area contributed by atoms with Crippen LogP contribution in [0.5, 0.6) is 5.75 Å². The number of benzene rings is 1. The average molecular weight is 200 g/mol. The number of aryl methyl sites for hydroxylation is 2. The van der Waals surface area contributed by atoms with E-state index in [0.717, 1.165) is 17.5 Å². The van der Waals surface area contributed by atoms with Crippen LogP contribution in [0.1, 0.15) is 29.0 Å². The summed E-state index contributed by atoms with van der Waals surface area (Å²) in [5.74, 6) is 0.777. The zero-order valence-corrected chi connectivity index (χ0v) is 9.20. The molecule has 0 bridgehead atoms. The minimum Gasteiger partial charge on any atom is -0.507 e. The molecule has 0 fully saturated rings. The Morgan fingerprint density at radius 3 is 2.67 bits per heavy atom. The highest BCUT2D eigenvalue weighted by molar-refractivity contribution is 5.46. The van der Waals surface area contributed by atoms with Gasteiger partial charge in [0.05, 0.1) is 0 Å². The first-order valence-corrected chi connectivity index (χ1v) is 5.32. The first kappa shape index (κ1) is 10.0. The van der Waals surface area contributed by atoms with Crippen molar-refractivity contribution in [3.8, 4) is 5.75 Å². The zero-order valence-electron chi connectivity index (χ0n) is 9.20. The van der Waals surface area contributed by atoms with Crippen molar-refractivity contribution in [1.29, 1.82) is 0 Å². The predicted molar refractivity (Wildman–Crippen MR) is 63.2 cm³/mol. The van der Waals surface area contributed by atoms with Gasteiger partial charge in [0.1, 0.15) is 5.75 Å². The van der Waals surface area contributed by atoms with Gasteiger partial charge in [-0.15, -0.1) is 0 Å². The van der Waals surface area contributed by atoms with Gasteiger partial charge in [-0.3, -0.25) is 0 Å². The van der Waals surface area contributed by atoms with Crippen LogP contribution in [0, 0.1) is 13.8 Å². The van der Waals surface area contributed by atoms with E-state index in [-0.39, 0.29) is 0 Å². The van der Waals surface area contributed by atoms with Gasteiger partial charge in [0.2, 0.25) is 0 Å². The van der Waals surface area contributed by atoms with Crippen LogP contribution < -0.4 is 0 Å². The fourth-order valence-electron chi connectivity index (χ4n) is 2.09. The number of hydrogen-bond acceptors (Lipinski definition) is 1. The van der Waals surface area contributed by atoms with Crippen molar-refractivity contribution >= 4 is 0 Å². The molecular weight excluding hydrogens is 184 g/mol.